The Hall–Kier alpha value is -1.32. The van der Waals surface area contributed by atoms with Crippen LogP contribution in [0.4, 0.5) is 0 Å². The number of carbonyl (C=O) groups excluding carboxylic acids is 1. The molecule has 0 amide bonds. The molecule has 1 aromatic rings. The molecule has 0 bridgehead atoms. The van der Waals surface area contributed by atoms with Crippen molar-refractivity contribution in [3.8, 4) is 5.75 Å². The van der Waals surface area contributed by atoms with Gasteiger partial charge in [0.05, 0.1) is 6.61 Å². The van der Waals surface area contributed by atoms with Crippen LogP contribution in [-0.4, -0.2) is 37.9 Å². The van der Waals surface area contributed by atoms with Crippen LogP contribution >= 0.6 is 12.4 Å². The van der Waals surface area contributed by atoms with E-state index in [-0.39, 0.29) is 18.3 Å². The summed E-state index contributed by atoms with van der Waals surface area (Å²) in [4.78, 5) is 14.4. The lowest BCUT2D eigenvalue weighted by atomic mass is 10.0. The first-order chi connectivity index (χ1) is 10.1. The van der Waals surface area contributed by atoms with Crippen molar-refractivity contribution < 1.29 is 9.53 Å². The number of allylic oxidation sites excluding steroid dienone is 1. The quantitative estimate of drug-likeness (QED) is 0.745. The van der Waals surface area contributed by atoms with E-state index in [0.717, 1.165) is 49.3 Å². The first-order valence-electron chi connectivity index (χ1n) is 7.72. The fourth-order valence-electron chi connectivity index (χ4n) is 2.69. The standard InChI is InChI=1S/C18H25NO2.ClH/c1-4-11-21-17-9-5-14(6-10-17)12-15-7-8-16(18(15)20)13-19(2)3;/h5-6,9-10,12,16H,4,7-8,11,13H2,1-3H3;1H. The summed E-state index contributed by atoms with van der Waals surface area (Å²) in [5.74, 6) is 1.37. The van der Waals surface area contributed by atoms with Gasteiger partial charge in [-0.05, 0) is 62.7 Å². The molecule has 0 aliphatic heterocycles. The fraction of sp³-hybridized carbons (Fsp3) is 0.500. The van der Waals surface area contributed by atoms with E-state index in [2.05, 4.69) is 11.8 Å². The predicted molar refractivity (Wildman–Crippen MR) is 93.7 cm³/mol. The Morgan fingerprint density at radius 2 is 1.95 bits per heavy atom. The molecule has 1 saturated carbocycles. The molecule has 0 spiro atoms. The van der Waals surface area contributed by atoms with E-state index in [9.17, 15) is 4.79 Å². The lowest BCUT2D eigenvalue weighted by molar-refractivity contribution is -0.118. The number of Topliss-reactive ketones (excluding diaryl/α,β-unsaturated/α-hetero) is 1. The summed E-state index contributed by atoms with van der Waals surface area (Å²) in [6.07, 6.45) is 4.90. The molecule has 2 rings (SSSR count). The van der Waals surface area contributed by atoms with Gasteiger partial charge in [0, 0.05) is 12.5 Å². The Morgan fingerprint density at radius 3 is 2.55 bits per heavy atom. The van der Waals surface area contributed by atoms with E-state index in [1.807, 2.05) is 44.4 Å². The van der Waals surface area contributed by atoms with Crippen molar-refractivity contribution in [1.82, 2.24) is 4.90 Å². The van der Waals surface area contributed by atoms with Gasteiger partial charge in [-0.15, -0.1) is 12.4 Å². The number of ketones is 1. The topological polar surface area (TPSA) is 29.5 Å². The highest BCUT2D eigenvalue weighted by molar-refractivity contribution is 6.03. The molecular weight excluding hydrogens is 298 g/mol. The van der Waals surface area contributed by atoms with Crippen molar-refractivity contribution in [1.29, 1.82) is 0 Å². The van der Waals surface area contributed by atoms with E-state index < -0.39 is 0 Å². The smallest absolute Gasteiger partial charge is 0.163 e. The molecule has 22 heavy (non-hydrogen) atoms. The van der Waals surface area contributed by atoms with Crippen LogP contribution in [0.2, 0.25) is 0 Å². The zero-order valence-electron chi connectivity index (χ0n) is 13.7. The summed E-state index contributed by atoms with van der Waals surface area (Å²) in [5, 5.41) is 0. The predicted octanol–water partition coefficient (Wildman–Crippen LogP) is 3.82. The summed E-state index contributed by atoms with van der Waals surface area (Å²) >= 11 is 0. The number of ether oxygens (including phenoxy) is 1. The molecular formula is C18H26ClNO2. The lowest BCUT2D eigenvalue weighted by Gasteiger charge is -2.13. The van der Waals surface area contributed by atoms with Crippen molar-refractivity contribution in [3.63, 3.8) is 0 Å². The van der Waals surface area contributed by atoms with Gasteiger partial charge in [-0.3, -0.25) is 4.79 Å². The van der Waals surface area contributed by atoms with Crippen molar-refractivity contribution in [3.05, 3.63) is 35.4 Å². The van der Waals surface area contributed by atoms with E-state index in [1.165, 1.54) is 0 Å². The molecule has 1 aliphatic carbocycles. The number of benzene rings is 1. The number of carbonyl (C=O) groups is 1. The third kappa shape index (κ3) is 5.15. The number of hydrogen-bond donors (Lipinski definition) is 0. The summed E-state index contributed by atoms with van der Waals surface area (Å²) in [6, 6.07) is 7.98. The average Bonchev–Trinajstić information content (AvgIpc) is 2.79. The molecule has 1 aromatic carbocycles. The normalized spacial score (nSPS) is 19.5. The lowest BCUT2D eigenvalue weighted by Crippen LogP contribution is -2.24. The molecule has 1 fully saturated rings. The minimum absolute atomic E-state index is 0. The SMILES string of the molecule is CCCOc1ccc(C=C2CCC(CN(C)C)C2=O)cc1.Cl. The maximum atomic E-state index is 12.3. The van der Waals surface area contributed by atoms with Crippen molar-refractivity contribution >= 4 is 24.3 Å². The Balaban J connectivity index is 0.00000242. The average molecular weight is 324 g/mol. The second kappa shape index (κ2) is 8.96. The fourth-order valence-corrected chi connectivity index (χ4v) is 2.69. The van der Waals surface area contributed by atoms with Crippen LogP contribution in [0.3, 0.4) is 0 Å². The van der Waals surface area contributed by atoms with Gasteiger partial charge < -0.3 is 9.64 Å². The van der Waals surface area contributed by atoms with Gasteiger partial charge in [0.2, 0.25) is 0 Å². The number of hydrogen-bond acceptors (Lipinski definition) is 3. The Kier molecular flexibility index (Phi) is 7.63. The molecule has 0 saturated heterocycles. The van der Waals surface area contributed by atoms with Crippen molar-refractivity contribution in [2.24, 2.45) is 5.92 Å². The molecule has 0 aromatic heterocycles. The zero-order valence-corrected chi connectivity index (χ0v) is 14.5. The Bertz CT molecular complexity index is 508. The molecule has 0 N–H and O–H groups in total. The van der Waals surface area contributed by atoms with E-state index in [1.54, 1.807) is 0 Å². The third-order valence-corrected chi connectivity index (χ3v) is 3.73. The van der Waals surface area contributed by atoms with E-state index in [0.29, 0.717) is 5.78 Å². The van der Waals surface area contributed by atoms with Crippen LogP contribution in [0.1, 0.15) is 31.7 Å². The van der Waals surface area contributed by atoms with Gasteiger partial charge in [0.15, 0.2) is 5.78 Å². The number of nitrogens with zero attached hydrogens (tertiary/aromatic N) is 1. The van der Waals surface area contributed by atoms with Gasteiger partial charge in [-0.1, -0.05) is 19.1 Å². The van der Waals surface area contributed by atoms with Gasteiger partial charge >= 0.3 is 0 Å². The molecule has 1 atom stereocenters. The molecule has 3 nitrogen and oxygen atoms in total. The first-order valence-corrected chi connectivity index (χ1v) is 7.72. The highest BCUT2D eigenvalue weighted by Gasteiger charge is 2.29. The monoisotopic (exact) mass is 323 g/mol. The van der Waals surface area contributed by atoms with Crippen LogP contribution in [0.15, 0.2) is 29.8 Å². The van der Waals surface area contributed by atoms with Gasteiger partial charge in [0.1, 0.15) is 5.75 Å². The van der Waals surface area contributed by atoms with Gasteiger partial charge in [0.25, 0.3) is 0 Å². The van der Waals surface area contributed by atoms with Crippen LogP contribution in [0.25, 0.3) is 6.08 Å². The highest BCUT2D eigenvalue weighted by atomic mass is 35.5. The maximum absolute atomic E-state index is 12.3. The molecule has 4 heteroatoms. The largest absolute Gasteiger partial charge is 0.494 e. The Labute approximate surface area is 139 Å². The van der Waals surface area contributed by atoms with E-state index >= 15 is 0 Å². The molecule has 0 heterocycles. The number of rotatable bonds is 6. The molecule has 1 aliphatic rings. The van der Waals surface area contributed by atoms with E-state index in [4.69, 9.17) is 4.74 Å². The number of halogens is 1. The first kappa shape index (κ1) is 18.7. The van der Waals surface area contributed by atoms with Crippen LogP contribution < -0.4 is 4.74 Å². The van der Waals surface area contributed by atoms with Crippen LogP contribution in [0, 0.1) is 5.92 Å². The second-order valence-corrected chi connectivity index (χ2v) is 5.95. The van der Waals surface area contributed by atoms with Gasteiger partial charge in [-0.25, -0.2) is 0 Å². The van der Waals surface area contributed by atoms with Crippen LogP contribution in [0.5, 0.6) is 5.75 Å². The maximum Gasteiger partial charge on any atom is 0.163 e. The van der Waals surface area contributed by atoms with Crippen molar-refractivity contribution in [2.45, 2.75) is 26.2 Å². The minimum Gasteiger partial charge on any atom is -0.494 e. The zero-order chi connectivity index (χ0) is 15.2. The minimum atomic E-state index is 0. The summed E-state index contributed by atoms with van der Waals surface area (Å²) in [7, 11) is 4.04. The molecule has 0 radical (unpaired) electrons. The Morgan fingerprint density at radius 1 is 1.27 bits per heavy atom. The third-order valence-electron chi connectivity index (χ3n) is 3.73. The summed E-state index contributed by atoms with van der Waals surface area (Å²) in [5.41, 5.74) is 2.04. The summed E-state index contributed by atoms with van der Waals surface area (Å²) in [6.45, 7) is 3.68. The second-order valence-electron chi connectivity index (χ2n) is 5.95. The highest BCUT2D eigenvalue weighted by Crippen LogP contribution is 2.29. The van der Waals surface area contributed by atoms with Crippen molar-refractivity contribution in [2.75, 3.05) is 27.2 Å². The molecule has 1 unspecified atom stereocenters. The summed E-state index contributed by atoms with van der Waals surface area (Å²) < 4.78 is 5.57. The van der Waals surface area contributed by atoms with Crippen LogP contribution in [-0.2, 0) is 4.79 Å². The molecule has 122 valence electrons. The van der Waals surface area contributed by atoms with Gasteiger partial charge in [-0.2, -0.15) is 0 Å².